The first-order valence-corrected chi connectivity index (χ1v) is 10.7. The van der Waals surface area contributed by atoms with Gasteiger partial charge in [-0.05, 0) is 48.9 Å². The minimum absolute atomic E-state index is 0.0223. The van der Waals surface area contributed by atoms with Gasteiger partial charge in [0.25, 0.3) is 11.5 Å². The number of aromatic nitrogens is 3. The van der Waals surface area contributed by atoms with Crippen LogP contribution in [0.3, 0.4) is 0 Å². The van der Waals surface area contributed by atoms with Gasteiger partial charge in [-0.15, -0.1) is 16.4 Å². The van der Waals surface area contributed by atoms with Crippen LogP contribution in [0.1, 0.15) is 34.1 Å². The van der Waals surface area contributed by atoms with E-state index in [4.69, 9.17) is 4.74 Å². The predicted molar refractivity (Wildman–Crippen MR) is 113 cm³/mol. The van der Waals surface area contributed by atoms with Gasteiger partial charge < -0.3 is 9.64 Å². The number of thiophene rings is 1. The molecule has 0 spiro atoms. The van der Waals surface area contributed by atoms with E-state index < -0.39 is 0 Å². The zero-order valence-electron chi connectivity index (χ0n) is 16.7. The monoisotopic (exact) mass is 424 g/mol. The Hall–Kier alpha value is -3.07. The molecule has 0 saturated carbocycles. The smallest absolute Gasteiger partial charge is 0.279 e. The number of rotatable bonds is 3. The van der Waals surface area contributed by atoms with Crippen LogP contribution in [-0.2, 0) is 24.2 Å². The molecule has 1 atom stereocenters. The third kappa shape index (κ3) is 3.00. The SMILES string of the molecule is CC1CCc2c(sc3nnn(CC(=O)c4ccc5c(c4)N(C)C(=O)CO5)c(=O)c23)C1. The lowest BCUT2D eigenvalue weighted by Crippen LogP contribution is -2.35. The number of carbonyl (C=O) groups excluding carboxylic acids is 2. The van der Waals surface area contributed by atoms with Gasteiger partial charge in [0.15, 0.2) is 17.2 Å². The maximum Gasteiger partial charge on any atom is 0.279 e. The Morgan fingerprint density at radius 1 is 1.33 bits per heavy atom. The Morgan fingerprint density at radius 2 is 2.17 bits per heavy atom. The van der Waals surface area contributed by atoms with Crippen LogP contribution in [0.25, 0.3) is 10.2 Å². The van der Waals surface area contributed by atoms with Gasteiger partial charge in [-0.3, -0.25) is 14.4 Å². The molecule has 154 valence electrons. The van der Waals surface area contributed by atoms with Gasteiger partial charge in [-0.2, -0.15) is 0 Å². The minimum atomic E-state index is -0.280. The van der Waals surface area contributed by atoms with Crippen molar-refractivity contribution in [3.05, 3.63) is 44.6 Å². The van der Waals surface area contributed by atoms with E-state index in [2.05, 4.69) is 17.2 Å². The number of anilines is 1. The molecule has 1 amide bonds. The summed E-state index contributed by atoms with van der Waals surface area (Å²) >= 11 is 1.53. The molecule has 1 aliphatic carbocycles. The molecule has 3 aromatic rings. The molecule has 1 aromatic carbocycles. The van der Waals surface area contributed by atoms with Crippen molar-refractivity contribution < 1.29 is 14.3 Å². The van der Waals surface area contributed by atoms with E-state index in [-0.39, 0.29) is 30.4 Å². The van der Waals surface area contributed by atoms with Gasteiger partial charge in [0.2, 0.25) is 0 Å². The van der Waals surface area contributed by atoms with Gasteiger partial charge >= 0.3 is 0 Å². The van der Waals surface area contributed by atoms with E-state index in [0.29, 0.717) is 33.1 Å². The zero-order chi connectivity index (χ0) is 21.0. The number of amides is 1. The summed E-state index contributed by atoms with van der Waals surface area (Å²) in [5.74, 6) is 0.681. The quantitative estimate of drug-likeness (QED) is 0.599. The molecule has 8 nitrogen and oxygen atoms in total. The summed E-state index contributed by atoms with van der Waals surface area (Å²) in [6.07, 6.45) is 2.86. The van der Waals surface area contributed by atoms with E-state index in [0.717, 1.165) is 29.5 Å². The number of hydrogen-bond acceptors (Lipinski definition) is 7. The molecule has 1 aliphatic heterocycles. The van der Waals surface area contributed by atoms with Crippen LogP contribution < -0.4 is 15.2 Å². The molecule has 1 unspecified atom stereocenters. The molecule has 0 N–H and O–H groups in total. The van der Waals surface area contributed by atoms with Crippen molar-refractivity contribution in [1.82, 2.24) is 15.0 Å². The Bertz CT molecular complexity index is 1260. The lowest BCUT2D eigenvalue weighted by Gasteiger charge is -2.26. The Morgan fingerprint density at radius 3 is 3.00 bits per heavy atom. The summed E-state index contributed by atoms with van der Waals surface area (Å²) in [6.45, 7) is 1.98. The molecule has 9 heteroatoms. The lowest BCUT2D eigenvalue weighted by atomic mass is 9.89. The third-order valence-corrected chi connectivity index (χ3v) is 6.98. The number of ketones is 1. The summed E-state index contributed by atoms with van der Waals surface area (Å²) in [7, 11) is 1.64. The summed E-state index contributed by atoms with van der Waals surface area (Å²) in [5, 5.41) is 8.83. The van der Waals surface area contributed by atoms with Gasteiger partial charge in [0.1, 0.15) is 12.3 Å². The highest BCUT2D eigenvalue weighted by molar-refractivity contribution is 7.18. The fourth-order valence-corrected chi connectivity index (χ4v) is 5.39. The van der Waals surface area contributed by atoms with Crippen LogP contribution in [0.4, 0.5) is 5.69 Å². The minimum Gasteiger partial charge on any atom is -0.482 e. The van der Waals surface area contributed by atoms with Crippen LogP contribution >= 0.6 is 11.3 Å². The second kappa shape index (κ2) is 7.02. The summed E-state index contributed by atoms with van der Waals surface area (Å²) in [5.41, 5.74) is 1.72. The number of ether oxygens (including phenoxy) is 1. The highest BCUT2D eigenvalue weighted by Crippen LogP contribution is 2.35. The first kappa shape index (κ1) is 18.9. The van der Waals surface area contributed by atoms with E-state index in [1.807, 2.05) is 0 Å². The fourth-order valence-electron chi connectivity index (χ4n) is 4.07. The summed E-state index contributed by atoms with van der Waals surface area (Å²) in [4.78, 5) is 41.1. The molecule has 3 heterocycles. The van der Waals surface area contributed by atoms with Crippen LogP contribution in [0.15, 0.2) is 23.0 Å². The molecule has 5 rings (SSSR count). The molecule has 0 radical (unpaired) electrons. The van der Waals surface area contributed by atoms with Crippen molar-refractivity contribution in [3.8, 4) is 5.75 Å². The maximum atomic E-state index is 13.1. The van der Waals surface area contributed by atoms with Crippen molar-refractivity contribution in [2.45, 2.75) is 32.7 Å². The van der Waals surface area contributed by atoms with Crippen LogP contribution in [-0.4, -0.2) is 40.3 Å². The average molecular weight is 424 g/mol. The van der Waals surface area contributed by atoms with Crippen molar-refractivity contribution in [1.29, 1.82) is 0 Å². The van der Waals surface area contributed by atoms with Crippen LogP contribution in [0.2, 0.25) is 0 Å². The highest BCUT2D eigenvalue weighted by atomic mass is 32.1. The van der Waals surface area contributed by atoms with Gasteiger partial charge in [-0.1, -0.05) is 12.1 Å². The standard InChI is InChI=1S/C21H20N4O4S/c1-11-3-5-13-17(7-11)30-20-19(13)21(28)25(23-22-20)9-15(26)12-4-6-16-14(8-12)24(2)18(27)10-29-16/h4,6,8,11H,3,5,7,9-10H2,1-2H3. The Kier molecular flexibility index (Phi) is 4.43. The van der Waals surface area contributed by atoms with Gasteiger partial charge in [-0.25, -0.2) is 4.68 Å². The van der Waals surface area contributed by atoms with E-state index >= 15 is 0 Å². The van der Waals surface area contributed by atoms with Crippen molar-refractivity contribution >= 4 is 38.9 Å². The van der Waals surface area contributed by atoms with E-state index in [1.165, 1.54) is 21.1 Å². The predicted octanol–water partition coefficient (Wildman–Crippen LogP) is 2.22. The number of carbonyl (C=O) groups is 2. The Labute approximate surface area is 176 Å². The Balaban J connectivity index is 1.48. The molecule has 0 bridgehead atoms. The second-order valence-corrected chi connectivity index (χ2v) is 9.01. The zero-order valence-corrected chi connectivity index (χ0v) is 17.5. The first-order valence-electron chi connectivity index (χ1n) is 9.87. The number of likely N-dealkylation sites (N-methyl/N-ethyl adjacent to an activating group) is 1. The third-order valence-electron chi connectivity index (χ3n) is 5.85. The van der Waals surface area contributed by atoms with Gasteiger partial charge in [0, 0.05) is 17.5 Å². The number of nitrogens with zero attached hydrogens (tertiary/aromatic N) is 4. The molecule has 0 saturated heterocycles. The number of aryl methyl sites for hydroxylation is 1. The molecule has 2 aromatic heterocycles. The highest BCUT2D eigenvalue weighted by Gasteiger charge is 2.26. The number of benzene rings is 1. The largest absolute Gasteiger partial charge is 0.482 e. The normalized spacial score (nSPS) is 18.1. The number of Topliss-reactive ketones (excluding diaryl/α,β-unsaturated/α-hetero) is 1. The van der Waals surface area contributed by atoms with Crippen LogP contribution in [0, 0.1) is 5.92 Å². The van der Waals surface area contributed by atoms with Crippen LogP contribution in [0.5, 0.6) is 5.75 Å². The maximum absolute atomic E-state index is 13.1. The molecular formula is C21H20N4O4S. The van der Waals surface area contributed by atoms with E-state index in [1.54, 1.807) is 25.2 Å². The molecular weight excluding hydrogens is 404 g/mol. The van der Waals surface area contributed by atoms with Crippen molar-refractivity contribution in [2.75, 3.05) is 18.6 Å². The van der Waals surface area contributed by atoms with Gasteiger partial charge in [0.05, 0.1) is 11.1 Å². The van der Waals surface area contributed by atoms with Crippen molar-refractivity contribution in [3.63, 3.8) is 0 Å². The summed E-state index contributed by atoms with van der Waals surface area (Å²) < 4.78 is 6.54. The fraction of sp³-hybridized carbons (Fsp3) is 0.381. The van der Waals surface area contributed by atoms with Crippen molar-refractivity contribution in [2.24, 2.45) is 5.92 Å². The molecule has 0 fully saturated rings. The second-order valence-electron chi connectivity index (χ2n) is 7.93. The lowest BCUT2D eigenvalue weighted by molar-refractivity contribution is -0.120. The summed E-state index contributed by atoms with van der Waals surface area (Å²) in [6, 6.07) is 4.91. The first-order chi connectivity index (χ1) is 14.4. The number of fused-ring (bicyclic) bond motifs is 4. The topological polar surface area (TPSA) is 94.4 Å². The molecule has 30 heavy (non-hydrogen) atoms. The molecule has 2 aliphatic rings. The average Bonchev–Trinajstić information content (AvgIpc) is 3.10. The van der Waals surface area contributed by atoms with E-state index in [9.17, 15) is 14.4 Å². The number of hydrogen-bond donors (Lipinski definition) is 0.